The van der Waals surface area contributed by atoms with Gasteiger partial charge in [0.25, 0.3) is 0 Å². The summed E-state index contributed by atoms with van der Waals surface area (Å²) in [5.74, 6) is 1.12. The number of nitrogens with two attached hydrogens (primary N) is 1. The molecular formula is C16H13ClN2O. The molecule has 0 fully saturated rings. The predicted molar refractivity (Wildman–Crippen MR) is 81.2 cm³/mol. The van der Waals surface area contributed by atoms with Crippen LogP contribution in [0.1, 0.15) is 5.56 Å². The Balaban J connectivity index is 2.11. The van der Waals surface area contributed by atoms with E-state index < -0.39 is 0 Å². The highest BCUT2D eigenvalue weighted by Gasteiger charge is 2.09. The van der Waals surface area contributed by atoms with E-state index in [-0.39, 0.29) is 0 Å². The molecule has 0 aliphatic heterocycles. The van der Waals surface area contributed by atoms with Crippen LogP contribution in [0.2, 0.25) is 5.02 Å². The van der Waals surface area contributed by atoms with Crippen LogP contribution in [-0.4, -0.2) is 4.98 Å². The van der Waals surface area contributed by atoms with Gasteiger partial charge in [0.2, 0.25) is 5.88 Å². The molecule has 1 aromatic heterocycles. The quantitative estimate of drug-likeness (QED) is 0.786. The highest BCUT2D eigenvalue weighted by molar-refractivity contribution is 6.32. The van der Waals surface area contributed by atoms with Crippen molar-refractivity contribution < 1.29 is 4.74 Å². The van der Waals surface area contributed by atoms with E-state index in [4.69, 9.17) is 22.1 Å². The molecular weight excluding hydrogens is 272 g/mol. The van der Waals surface area contributed by atoms with Crippen LogP contribution in [-0.2, 0) is 6.54 Å². The Labute approximate surface area is 122 Å². The Morgan fingerprint density at radius 3 is 2.45 bits per heavy atom. The van der Waals surface area contributed by atoms with Gasteiger partial charge in [0.05, 0.1) is 5.02 Å². The van der Waals surface area contributed by atoms with Gasteiger partial charge in [-0.05, 0) is 29.1 Å². The topological polar surface area (TPSA) is 48.1 Å². The molecule has 0 bridgehead atoms. The molecule has 0 unspecified atom stereocenters. The van der Waals surface area contributed by atoms with Crippen molar-refractivity contribution in [3.05, 3.63) is 65.3 Å². The van der Waals surface area contributed by atoms with Gasteiger partial charge in [-0.15, -0.1) is 0 Å². The number of hydrogen-bond acceptors (Lipinski definition) is 3. The first-order chi connectivity index (χ1) is 9.79. The zero-order valence-electron chi connectivity index (χ0n) is 10.7. The van der Waals surface area contributed by atoms with Crippen molar-refractivity contribution in [2.24, 2.45) is 5.73 Å². The summed E-state index contributed by atoms with van der Waals surface area (Å²) in [5, 5.41) is 2.53. The second-order valence-electron chi connectivity index (χ2n) is 4.37. The summed E-state index contributed by atoms with van der Waals surface area (Å²) >= 11 is 6.11. The maximum atomic E-state index is 6.11. The van der Waals surface area contributed by atoms with Crippen molar-refractivity contribution in [2.75, 3.05) is 0 Å². The largest absolute Gasteiger partial charge is 0.437 e. The smallest absolute Gasteiger partial charge is 0.227 e. The highest BCUT2D eigenvalue weighted by atomic mass is 35.5. The van der Waals surface area contributed by atoms with E-state index in [1.54, 1.807) is 12.3 Å². The molecule has 0 amide bonds. The summed E-state index contributed by atoms with van der Waals surface area (Å²) in [7, 11) is 0. The van der Waals surface area contributed by atoms with E-state index in [9.17, 15) is 0 Å². The van der Waals surface area contributed by atoms with E-state index in [0.29, 0.717) is 23.2 Å². The Morgan fingerprint density at radius 2 is 1.70 bits per heavy atom. The van der Waals surface area contributed by atoms with E-state index >= 15 is 0 Å². The first kappa shape index (κ1) is 12.9. The van der Waals surface area contributed by atoms with Gasteiger partial charge in [-0.3, -0.25) is 0 Å². The van der Waals surface area contributed by atoms with Crippen LogP contribution >= 0.6 is 11.6 Å². The van der Waals surface area contributed by atoms with Gasteiger partial charge in [-0.1, -0.05) is 41.9 Å². The maximum absolute atomic E-state index is 6.11. The number of fused-ring (bicyclic) bond motifs is 1. The molecule has 2 N–H and O–H groups in total. The summed E-state index contributed by atoms with van der Waals surface area (Å²) in [6.07, 6.45) is 1.74. The SMILES string of the molecule is NCc1cnc(Oc2ccccc2Cl)c2ccccc12. The zero-order valence-corrected chi connectivity index (χ0v) is 11.5. The number of benzene rings is 2. The fourth-order valence-electron chi connectivity index (χ4n) is 2.10. The normalized spacial score (nSPS) is 10.7. The molecule has 3 aromatic rings. The number of aromatic nitrogens is 1. The molecule has 0 aliphatic carbocycles. The summed E-state index contributed by atoms with van der Waals surface area (Å²) in [4.78, 5) is 4.35. The van der Waals surface area contributed by atoms with Crippen LogP contribution in [0.25, 0.3) is 10.8 Å². The van der Waals surface area contributed by atoms with Crippen LogP contribution in [0.3, 0.4) is 0 Å². The second kappa shape index (κ2) is 5.49. The van der Waals surface area contributed by atoms with Crippen LogP contribution in [0.4, 0.5) is 0 Å². The first-order valence-corrected chi connectivity index (χ1v) is 6.66. The van der Waals surface area contributed by atoms with Crippen LogP contribution in [0.15, 0.2) is 54.7 Å². The number of hydrogen-bond donors (Lipinski definition) is 1. The van der Waals surface area contributed by atoms with Gasteiger partial charge >= 0.3 is 0 Å². The second-order valence-corrected chi connectivity index (χ2v) is 4.78. The van der Waals surface area contributed by atoms with Crippen molar-refractivity contribution in [3.8, 4) is 11.6 Å². The molecule has 3 rings (SSSR count). The first-order valence-electron chi connectivity index (χ1n) is 6.28. The summed E-state index contributed by atoms with van der Waals surface area (Å²) in [6.45, 7) is 0.444. The monoisotopic (exact) mass is 284 g/mol. The summed E-state index contributed by atoms with van der Waals surface area (Å²) < 4.78 is 5.84. The number of ether oxygens (including phenoxy) is 1. The van der Waals surface area contributed by atoms with Crippen LogP contribution in [0, 0.1) is 0 Å². The van der Waals surface area contributed by atoms with Crippen molar-refractivity contribution in [1.29, 1.82) is 0 Å². The molecule has 1 heterocycles. The predicted octanol–water partition coefficient (Wildman–Crippen LogP) is 4.14. The fraction of sp³-hybridized carbons (Fsp3) is 0.0625. The van der Waals surface area contributed by atoms with Gasteiger partial charge in [-0.25, -0.2) is 4.98 Å². The average Bonchev–Trinajstić information content (AvgIpc) is 2.50. The van der Waals surface area contributed by atoms with E-state index in [1.165, 1.54) is 0 Å². The van der Waals surface area contributed by atoms with Gasteiger partial charge in [-0.2, -0.15) is 0 Å². The maximum Gasteiger partial charge on any atom is 0.227 e. The Morgan fingerprint density at radius 1 is 1.00 bits per heavy atom. The standard InChI is InChI=1S/C16H13ClN2O/c17-14-7-3-4-8-15(14)20-16-13-6-2-1-5-12(13)11(9-18)10-19-16/h1-8,10H,9,18H2. The molecule has 0 saturated carbocycles. The molecule has 0 saturated heterocycles. The van der Waals surface area contributed by atoms with Crippen LogP contribution < -0.4 is 10.5 Å². The third kappa shape index (κ3) is 2.33. The molecule has 3 nitrogen and oxygen atoms in total. The zero-order chi connectivity index (χ0) is 13.9. The number of halogens is 1. The van der Waals surface area contributed by atoms with Gasteiger partial charge < -0.3 is 10.5 Å². The minimum Gasteiger partial charge on any atom is -0.437 e. The lowest BCUT2D eigenvalue weighted by Crippen LogP contribution is -1.99. The number of para-hydroxylation sites is 1. The van der Waals surface area contributed by atoms with Gasteiger partial charge in [0.15, 0.2) is 0 Å². The molecule has 0 spiro atoms. The molecule has 20 heavy (non-hydrogen) atoms. The third-order valence-electron chi connectivity index (χ3n) is 3.10. The van der Waals surface area contributed by atoms with E-state index in [2.05, 4.69) is 4.98 Å². The summed E-state index contributed by atoms with van der Waals surface area (Å²) in [6, 6.07) is 15.2. The Hall–Kier alpha value is -2.10. The van der Waals surface area contributed by atoms with E-state index in [1.807, 2.05) is 42.5 Å². The minimum absolute atomic E-state index is 0.444. The van der Waals surface area contributed by atoms with Gasteiger partial charge in [0.1, 0.15) is 5.75 Å². The molecule has 0 aliphatic rings. The summed E-state index contributed by atoms with van der Waals surface area (Å²) in [5.41, 5.74) is 6.73. The number of pyridine rings is 1. The van der Waals surface area contributed by atoms with Crippen molar-refractivity contribution in [1.82, 2.24) is 4.98 Å². The van der Waals surface area contributed by atoms with Crippen molar-refractivity contribution in [3.63, 3.8) is 0 Å². The lowest BCUT2D eigenvalue weighted by Gasteiger charge is -2.11. The number of rotatable bonds is 3. The van der Waals surface area contributed by atoms with Gasteiger partial charge in [0, 0.05) is 18.1 Å². The average molecular weight is 285 g/mol. The highest BCUT2D eigenvalue weighted by Crippen LogP contribution is 2.32. The van der Waals surface area contributed by atoms with Crippen LogP contribution in [0.5, 0.6) is 11.6 Å². The minimum atomic E-state index is 0.444. The Kier molecular flexibility index (Phi) is 3.54. The Bertz CT molecular complexity index is 758. The lowest BCUT2D eigenvalue weighted by molar-refractivity contribution is 0.469. The van der Waals surface area contributed by atoms with E-state index in [0.717, 1.165) is 16.3 Å². The number of nitrogens with zero attached hydrogens (tertiary/aromatic N) is 1. The lowest BCUT2D eigenvalue weighted by atomic mass is 10.1. The molecule has 4 heteroatoms. The molecule has 100 valence electrons. The van der Waals surface area contributed by atoms with Crippen molar-refractivity contribution in [2.45, 2.75) is 6.54 Å². The third-order valence-corrected chi connectivity index (χ3v) is 3.42. The molecule has 2 aromatic carbocycles. The molecule has 0 radical (unpaired) electrons. The fourth-order valence-corrected chi connectivity index (χ4v) is 2.28. The molecule has 0 atom stereocenters. The van der Waals surface area contributed by atoms with Crippen molar-refractivity contribution >= 4 is 22.4 Å².